The van der Waals surface area contributed by atoms with E-state index < -0.39 is 55.5 Å². The third-order valence-corrected chi connectivity index (χ3v) is 5.62. The Morgan fingerprint density at radius 2 is 1.43 bits per heavy atom. The van der Waals surface area contributed by atoms with Gasteiger partial charge in [-0.05, 0) is 27.8 Å². The molecule has 0 saturated carbocycles. The molecule has 3 saturated heterocycles. The maximum Gasteiger partial charge on any atom is 0.161 e. The van der Waals surface area contributed by atoms with Gasteiger partial charge in [0.2, 0.25) is 0 Å². The van der Waals surface area contributed by atoms with Crippen LogP contribution >= 0.6 is 0 Å². The van der Waals surface area contributed by atoms with Crippen LogP contribution in [-0.2, 0) is 23.7 Å². The van der Waals surface area contributed by atoms with E-state index in [4.69, 9.17) is 23.7 Å². The first kappa shape index (κ1) is 22.3. The van der Waals surface area contributed by atoms with Crippen LogP contribution in [0.15, 0.2) is 0 Å². The van der Waals surface area contributed by atoms with Crippen molar-refractivity contribution >= 4 is 0 Å². The Balaban J connectivity index is 1.53. The quantitative estimate of drug-likeness (QED) is 0.586. The minimum atomic E-state index is -1.000. The van der Waals surface area contributed by atoms with Crippen LogP contribution in [0.25, 0.3) is 0 Å². The van der Waals surface area contributed by atoms with Gasteiger partial charge in [0, 0.05) is 32.4 Å². The molecule has 3 aliphatic heterocycles. The molecule has 2 unspecified atom stereocenters. The number of aliphatic hydroxyl groups excluding tert-OH is 3. The van der Waals surface area contributed by atoms with Crippen LogP contribution in [0.1, 0.15) is 40.0 Å². The Bertz CT molecular complexity index is 473. The number of rotatable bonds is 4. The van der Waals surface area contributed by atoms with Gasteiger partial charge in [0.1, 0.15) is 12.2 Å². The van der Waals surface area contributed by atoms with E-state index in [-0.39, 0.29) is 18.9 Å². The van der Waals surface area contributed by atoms with Crippen molar-refractivity contribution in [3.63, 3.8) is 0 Å². The number of hydrogen-bond acceptors (Lipinski definition) is 9. The van der Waals surface area contributed by atoms with E-state index >= 15 is 0 Å². The normalized spacial score (nSPS) is 49.0. The molecule has 0 spiro atoms. The fourth-order valence-electron chi connectivity index (χ4n) is 4.22. The van der Waals surface area contributed by atoms with Crippen LogP contribution in [0, 0.1) is 0 Å². The highest BCUT2D eigenvalue weighted by atomic mass is 16.7. The van der Waals surface area contributed by atoms with Crippen molar-refractivity contribution in [2.24, 2.45) is 0 Å². The van der Waals surface area contributed by atoms with E-state index in [1.807, 2.05) is 13.8 Å². The molecular formula is C19H35NO8. The van der Waals surface area contributed by atoms with Crippen LogP contribution in [0.2, 0.25) is 0 Å². The van der Waals surface area contributed by atoms with Gasteiger partial charge in [-0.1, -0.05) is 0 Å². The molecule has 0 aromatic rings. The fourth-order valence-corrected chi connectivity index (χ4v) is 4.22. The predicted molar refractivity (Wildman–Crippen MR) is 98.3 cm³/mol. The monoisotopic (exact) mass is 405 g/mol. The lowest BCUT2D eigenvalue weighted by Gasteiger charge is -2.43. The van der Waals surface area contributed by atoms with Crippen LogP contribution in [0.5, 0.6) is 0 Å². The smallest absolute Gasteiger partial charge is 0.161 e. The first-order valence-electron chi connectivity index (χ1n) is 10.2. The first-order valence-corrected chi connectivity index (χ1v) is 10.2. The molecule has 3 fully saturated rings. The minimum absolute atomic E-state index is 0.0511. The molecule has 9 heteroatoms. The summed E-state index contributed by atoms with van der Waals surface area (Å²) in [6.45, 7) is 7.27. The van der Waals surface area contributed by atoms with Crippen LogP contribution in [0.4, 0.5) is 0 Å². The molecule has 9 nitrogen and oxygen atoms in total. The van der Waals surface area contributed by atoms with Gasteiger partial charge in [-0.25, -0.2) is 0 Å². The molecule has 0 bridgehead atoms. The molecule has 0 aliphatic carbocycles. The van der Waals surface area contributed by atoms with Crippen molar-refractivity contribution in [1.29, 1.82) is 0 Å². The lowest BCUT2D eigenvalue weighted by atomic mass is 10.0. The van der Waals surface area contributed by atoms with Gasteiger partial charge in [0.05, 0.1) is 30.5 Å². The van der Waals surface area contributed by atoms with Gasteiger partial charge < -0.3 is 43.9 Å². The van der Waals surface area contributed by atoms with Crippen molar-refractivity contribution in [2.45, 2.75) is 102 Å². The maximum absolute atomic E-state index is 10.6. The van der Waals surface area contributed by atoms with Crippen molar-refractivity contribution in [3.05, 3.63) is 0 Å². The highest BCUT2D eigenvalue weighted by Crippen LogP contribution is 2.30. The lowest BCUT2D eigenvalue weighted by molar-refractivity contribution is -0.322. The maximum atomic E-state index is 10.6. The number of hydrogen-bond donors (Lipinski definition) is 3. The summed E-state index contributed by atoms with van der Waals surface area (Å²) in [4.78, 5) is 2.20. The van der Waals surface area contributed by atoms with E-state index in [0.29, 0.717) is 0 Å². The average molecular weight is 405 g/mol. The summed E-state index contributed by atoms with van der Waals surface area (Å²) in [5.74, 6) is 0. The third kappa shape index (κ3) is 5.62. The fraction of sp³-hybridized carbons (Fsp3) is 1.00. The van der Waals surface area contributed by atoms with Gasteiger partial charge in [-0.15, -0.1) is 0 Å². The molecule has 0 aromatic carbocycles. The molecule has 0 aromatic heterocycles. The summed E-state index contributed by atoms with van der Waals surface area (Å²) in [6, 6.07) is 0. The Labute approximate surface area is 166 Å². The van der Waals surface area contributed by atoms with E-state index in [1.54, 1.807) is 6.92 Å². The van der Waals surface area contributed by atoms with Crippen molar-refractivity contribution in [1.82, 2.24) is 4.90 Å². The molecule has 10 atom stereocenters. The summed E-state index contributed by atoms with van der Waals surface area (Å²) in [5.41, 5.74) is 0. The SMILES string of the molecule is CC1CN(C)CCC(O[C@@H]2[C@H](C)O[C@@H](O[C@@H]3[C@H](C)O[C@@H](O)C[C@@H]3O)C[C@@H]2O)O1. The lowest BCUT2D eigenvalue weighted by Crippen LogP contribution is -2.54. The molecule has 28 heavy (non-hydrogen) atoms. The highest BCUT2D eigenvalue weighted by Gasteiger charge is 2.43. The molecule has 3 N–H and O–H groups in total. The molecule has 3 aliphatic rings. The number of aliphatic hydroxyl groups is 3. The summed E-state index contributed by atoms with van der Waals surface area (Å²) >= 11 is 0. The second-order valence-corrected chi connectivity index (χ2v) is 8.30. The van der Waals surface area contributed by atoms with Gasteiger partial charge >= 0.3 is 0 Å². The van der Waals surface area contributed by atoms with Crippen LogP contribution < -0.4 is 0 Å². The van der Waals surface area contributed by atoms with Crippen molar-refractivity contribution < 1.29 is 39.0 Å². The second-order valence-electron chi connectivity index (χ2n) is 8.30. The van der Waals surface area contributed by atoms with Crippen molar-refractivity contribution in [2.75, 3.05) is 20.1 Å². The zero-order valence-electron chi connectivity index (χ0n) is 17.1. The number of nitrogens with zero attached hydrogens (tertiary/aromatic N) is 1. The summed E-state index contributed by atoms with van der Waals surface area (Å²) < 4.78 is 29.1. The van der Waals surface area contributed by atoms with Gasteiger partial charge in [-0.2, -0.15) is 0 Å². The molecular weight excluding hydrogens is 370 g/mol. The van der Waals surface area contributed by atoms with E-state index in [0.717, 1.165) is 19.5 Å². The first-order chi connectivity index (χ1) is 13.2. The molecule has 0 radical (unpaired) electrons. The molecule has 164 valence electrons. The Kier molecular flexibility index (Phi) is 7.68. The summed E-state index contributed by atoms with van der Waals surface area (Å²) in [7, 11) is 2.05. The second kappa shape index (κ2) is 9.63. The van der Waals surface area contributed by atoms with Gasteiger partial charge in [0.15, 0.2) is 18.9 Å². The van der Waals surface area contributed by atoms with Crippen molar-refractivity contribution in [3.8, 4) is 0 Å². The average Bonchev–Trinajstić information content (AvgIpc) is 2.74. The Hall–Kier alpha value is -0.360. The van der Waals surface area contributed by atoms with E-state index in [1.165, 1.54) is 0 Å². The topological polar surface area (TPSA) is 110 Å². The van der Waals surface area contributed by atoms with Crippen LogP contribution in [0.3, 0.4) is 0 Å². The Morgan fingerprint density at radius 3 is 2.07 bits per heavy atom. The summed E-state index contributed by atoms with van der Waals surface area (Å²) in [6.07, 6.45) is -4.69. The molecule has 3 heterocycles. The number of ether oxygens (including phenoxy) is 5. The Morgan fingerprint density at radius 1 is 0.821 bits per heavy atom. The van der Waals surface area contributed by atoms with E-state index in [9.17, 15) is 15.3 Å². The van der Waals surface area contributed by atoms with Gasteiger partial charge in [-0.3, -0.25) is 0 Å². The van der Waals surface area contributed by atoms with Crippen LogP contribution in [-0.4, -0.2) is 102 Å². The third-order valence-electron chi connectivity index (χ3n) is 5.62. The predicted octanol–water partition coefficient (Wildman–Crippen LogP) is -0.193. The zero-order valence-corrected chi connectivity index (χ0v) is 17.1. The highest BCUT2D eigenvalue weighted by molar-refractivity contribution is 4.86. The zero-order chi connectivity index (χ0) is 20.4. The minimum Gasteiger partial charge on any atom is -0.390 e. The molecule has 3 rings (SSSR count). The summed E-state index contributed by atoms with van der Waals surface area (Å²) in [5, 5.41) is 30.4. The molecule has 0 amide bonds. The van der Waals surface area contributed by atoms with E-state index in [2.05, 4.69) is 11.9 Å². The standard InChI is InChI=1S/C19H35NO8/c1-10-9-20(4)6-5-16(24-10)27-19-12(3)26-17(8-14(19)22)28-18-11(2)25-15(23)7-13(18)21/h10-19,21-23H,5-9H2,1-4H3/t10?,11-,12-,13-,14-,15+,16?,17-,18+,19+/m0/s1. The van der Waals surface area contributed by atoms with Gasteiger partial charge in [0.25, 0.3) is 0 Å². The number of likely N-dealkylation sites (N-methyl/N-ethyl adjacent to an activating group) is 1. The largest absolute Gasteiger partial charge is 0.390 e.